The Kier molecular flexibility index (Phi) is 4.41. The predicted octanol–water partition coefficient (Wildman–Crippen LogP) is 3.04. The number of hydrogen-bond donors (Lipinski definition) is 1. The summed E-state index contributed by atoms with van der Waals surface area (Å²) in [5.41, 5.74) is -0.323. The van der Waals surface area contributed by atoms with Gasteiger partial charge in [-0.25, -0.2) is 15.0 Å². The van der Waals surface area contributed by atoms with Crippen LogP contribution >= 0.6 is 0 Å². The van der Waals surface area contributed by atoms with Crippen LogP contribution in [0.25, 0.3) is 11.2 Å². The zero-order valence-electron chi connectivity index (χ0n) is 15.4. The number of aromatic nitrogens is 4. The molecule has 1 aliphatic heterocycles. The van der Waals surface area contributed by atoms with E-state index in [0.29, 0.717) is 42.3 Å². The Morgan fingerprint density at radius 2 is 1.92 bits per heavy atom. The number of hydrogen-bond acceptors (Lipinski definition) is 5. The second kappa shape index (κ2) is 6.07. The van der Waals surface area contributed by atoms with Crippen molar-refractivity contribution in [2.24, 2.45) is 0 Å². The second-order valence-corrected chi connectivity index (χ2v) is 8.26. The highest BCUT2D eigenvalue weighted by molar-refractivity contribution is 5.84. The van der Waals surface area contributed by atoms with Crippen molar-refractivity contribution in [3.63, 3.8) is 0 Å². The van der Waals surface area contributed by atoms with Gasteiger partial charge in [-0.1, -0.05) is 20.8 Å². The Labute approximate surface area is 150 Å². The Morgan fingerprint density at radius 1 is 1.23 bits per heavy atom. The molecule has 9 heteroatoms. The van der Waals surface area contributed by atoms with Crippen molar-refractivity contribution in [1.82, 2.24) is 19.5 Å². The molecule has 0 spiro atoms. The summed E-state index contributed by atoms with van der Waals surface area (Å²) in [5.74, 6) is 1.11. The third-order valence-corrected chi connectivity index (χ3v) is 4.50. The zero-order valence-corrected chi connectivity index (χ0v) is 15.4. The molecule has 2 aromatic rings. The summed E-state index contributed by atoms with van der Waals surface area (Å²) >= 11 is 0. The van der Waals surface area contributed by atoms with Gasteiger partial charge in [0.25, 0.3) is 0 Å². The summed E-state index contributed by atoms with van der Waals surface area (Å²) < 4.78 is 39.3. The largest absolute Gasteiger partial charge is 0.390 e. The molecule has 26 heavy (non-hydrogen) atoms. The lowest BCUT2D eigenvalue weighted by molar-refractivity contribution is -0.136. The van der Waals surface area contributed by atoms with E-state index in [9.17, 15) is 18.3 Å². The molecule has 0 saturated carbocycles. The minimum atomic E-state index is -4.24. The van der Waals surface area contributed by atoms with Crippen LogP contribution in [-0.2, 0) is 12.0 Å². The normalized spacial score (nSPS) is 21.8. The van der Waals surface area contributed by atoms with E-state index < -0.39 is 18.2 Å². The molecule has 0 amide bonds. The first-order valence-electron chi connectivity index (χ1n) is 8.63. The van der Waals surface area contributed by atoms with Gasteiger partial charge >= 0.3 is 6.18 Å². The fourth-order valence-electron chi connectivity index (χ4n) is 3.02. The quantitative estimate of drug-likeness (QED) is 0.898. The fourth-order valence-corrected chi connectivity index (χ4v) is 3.02. The van der Waals surface area contributed by atoms with Crippen molar-refractivity contribution in [3.05, 3.63) is 12.2 Å². The average Bonchev–Trinajstić information content (AvgIpc) is 3.05. The van der Waals surface area contributed by atoms with Crippen molar-refractivity contribution in [2.45, 2.75) is 64.3 Å². The molecule has 3 rings (SSSR count). The number of nitrogens with zero attached hydrogens (tertiary/aromatic N) is 5. The molecule has 0 aliphatic carbocycles. The number of rotatable bonds is 3. The van der Waals surface area contributed by atoms with Gasteiger partial charge in [0, 0.05) is 25.0 Å². The molecule has 1 unspecified atom stereocenters. The van der Waals surface area contributed by atoms with Gasteiger partial charge in [-0.2, -0.15) is 13.2 Å². The summed E-state index contributed by atoms with van der Waals surface area (Å²) in [6.45, 7) is 8.39. The van der Waals surface area contributed by atoms with E-state index in [4.69, 9.17) is 0 Å². The number of alkyl halides is 3. The molecule has 1 N–H and O–H groups in total. The molecule has 1 aliphatic rings. The molecule has 3 heterocycles. The molecule has 1 fully saturated rings. The molecule has 144 valence electrons. The van der Waals surface area contributed by atoms with Crippen molar-refractivity contribution in [3.8, 4) is 0 Å². The van der Waals surface area contributed by atoms with Gasteiger partial charge in [0.2, 0.25) is 0 Å². The summed E-state index contributed by atoms with van der Waals surface area (Å²) in [5, 5.41) is 10.3. The van der Waals surface area contributed by atoms with Crippen LogP contribution in [0, 0.1) is 0 Å². The van der Waals surface area contributed by atoms with Gasteiger partial charge in [0.05, 0.1) is 18.3 Å². The van der Waals surface area contributed by atoms with Crippen LogP contribution in [-0.4, -0.2) is 49.5 Å². The van der Waals surface area contributed by atoms with Gasteiger partial charge in [0.15, 0.2) is 17.0 Å². The maximum absolute atomic E-state index is 12.6. The van der Waals surface area contributed by atoms with E-state index >= 15 is 0 Å². The summed E-state index contributed by atoms with van der Waals surface area (Å²) in [7, 11) is 0. The van der Waals surface area contributed by atoms with Crippen LogP contribution in [0.2, 0.25) is 0 Å². The maximum atomic E-state index is 12.6. The monoisotopic (exact) mass is 371 g/mol. The van der Waals surface area contributed by atoms with Gasteiger partial charge in [0.1, 0.15) is 5.82 Å². The number of β-amino-alcohol motifs (C(OH)–C–C–N with tert-alkyl or cyclic N) is 1. The number of aliphatic hydroxyl groups is 1. The number of fused-ring (bicyclic) bond motifs is 1. The summed E-state index contributed by atoms with van der Waals surface area (Å²) in [6.07, 6.45) is -3.21. The number of anilines is 1. The van der Waals surface area contributed by atoms with E-state index in [0.717, 1.165) is 0 Å². The second-order valence-electron chi connectivity index (χ2n) is 8.26. The molecule has 0 radical (unpaired) electrons. The molecule has 0 bridgehead atoms. The summed E-state index contributed by atoms with van der Waals surface area (Å²) in [6, 6.07) is 0. The third-order valence-electron chi connectivity index (χ3n) is 4.50. The van der Waals surface area contributed by atoms with Crippen molar-refractivity contribution in [2.75, 3.05) is 18.0 Å². The van der Waals surface area contributed by atoms with Gasteiger partial charge in [-0.3, -0.25) is 0 Å². The van der Waals surface area contributed by atoms with Crippen molar-refractivity contribution in [1.29, 1.82) is 0 Å². The van der Waals surface area contributed by atoms with Crippen molar-refractivity contribution < 1.29 is 18.3 Å². The van der Waals surface area contributed by atoms with Gasteiger partial charge < -0.3 is 14.6 Å². The minimum absolute atomic E-state index is 0.238. The molecular formula is C17H24F3N5O. The number of halogens is 3. The first-order chi connectivity index (χ1) is 11.9. The van der Waals surface area contributed by atoms with Crippen LogP contribution in [0.5, 0.6) is 0 Å². The van der Waals surface area contributed by atoms with Gasteiger partial charge in [-0.05, 0) is 13.3 Å². The van der Waals surface area contributed by atoms with E-state index in [1.807, 2.05) is 25.7 Å². The van der Waals surface area contributed by atoms with Gasteiger partial charge in [-0.15, -0.1) is 0 Å². The smallest absolute Gasteiger partial charge is 0.388 e. The Morgan fingerprint density at radius 3 is 2.46 bits per heavy atom. The lowest BCUT2D eigenvalue weighted by Gasteiger charge is -2.23. The van der Waals surface area contributed by atoms with Crippen LogP contribution in [0.4, 0.5) is 19.0 Å². The average molecular weight is 371 g/mol. The Bertz CT molecular complexity index is 807. The van der Waals surface area contributed by atoms with E-state index in [2.05, 4.69) is 15.0 Å². The Hall–Kier alpha value is -1.90. The minimum Gasteiger partial charge on any atom is -0.388 e. The maximum Gasteiger partial charge on any atom is 0.390 e. The third kappa shape index (κ3) is 3.92. The van der Waals surface area contributed by atoms with Crippen LogP contribution < -0.4 is 4.90 Å². The molecule has 6 nitrogen and oxygen atoms in total. The van der Waals surface area contributed by atoms with E-state index in [-0.39, 0.29) is 12.0 Å². The zero-order chi connectivity index (χ0) is 19.3. The summed E-state index contributed by atoms with van der Waals surface area (Å²) in [4.78, 5) is 15.4. The molecule has 2 aromatic heterocycles. The highest BCUT2D eigenvalue weighted by atomic mass is 19.4. The number of aryl methyl sites for hydroxylation is 1. The topological polar surface area (TPSA) is 67.1 Å². The number of imidazole rings is 1. The highest BCUT2D eigenvalue weighted by Gasteiger charge is 2.35. The van der Waals surface area contributed by atoms with E-state index in [1.54, 1.807) is 6.92 Å². The van der Waals surface area contributed by atoms with Crippen LogP contribution in [0.3, 0.4) is 0 Å². The first kappa shape index (κ1) is 18.9. The lowest BCUT2D eigenvalue weighted by atomic mass is 9.96. The standard InChI is InChI=1S/C17H24F3N5O/c1-15(2,3)14-22-12(24-7-5-16(4,26)9-24)11-13(23-14)25(10-21-11)8-6-17(18,19)20/h10,26H,5-9H2,1-4H3. The van der Waals surface area contributed by atoms with Crippen molar-refractivity contribution >= 4 is 17.0 Å². The first-order valence-corrected chi connectivity index (χ1v) is 8.63. The molecular weight excluding hydrogens is 347 g/mol. The van der Waals surface area contributed by atoms with Crippen LogP contribution in [0.15, 0.2) is 6.33 Å². The molecule has 1 atom stereocenters. The predicted molar refractivity (Wildman–Crippen MR) is 92.1 cm³/mol. The molecule has 0 aromatic carbocycles. The fraction of sp³-hybridized carbons (Fsp3) is 0.706. The SMILES string of the molecule is CC1(O)CCN(c2nc(C(C)(C)C)nc3c2ncn3CCC(F)(F)F)C1. The highest BCUT2D eigenvalue weighted by Crippen LogP contribution is 2.32. The Balaban J connectivity index is 2.07. The van der Waals surface area contributed by atoms with E-state index in [1.165, 1.54) is 10.9 Å². The van der Waals surface area contributed by atoms with Crippen LogP contribution in [0.1, 0.15) is 46.4 Å². The molecule has 1 saturated heterocycles. The lowest BCUT2D eigenvalue weighted by Crippen LogP contribution is -2.31.